The fourth-order valence-electron chi connectivity index (χ4n) is 3.12. The second-order valence-corrected chi connectivity index (χ2v) is 7.70. The van der Waals surface area contributed by atoms with Gasteiger partial charge in [0.15, 0.2) is 0 Å². The molecule has 2 amide bonds. The molecule has 1 aromatic heterocycles. The minimum atomic E-state index is -0.288. The molecule has 0 bridgehead atoms. The van der Waals surface area contributed by atoms with Crippen LogP contribution in [0, 0.1) is 12.8 Å². The molecule has 0 spiro atoms. The number of rotatable bonds is 5. The van der Waals surface area contributed by atoms with Crippen molar-refractivity contribution in [1.29, 1.82) is 0 Å². The number of aromatic nitrogens is 1. The smallest absolute Gasteiger partial charge is 0.273 e. The second kappa shape index (κ2) is 8.07. The van der Waals surface area contributed by atoms with E-state index in [2.05, 4.69) is 10.6 Å². The molecule has 1 heterocycles. The van der Waals surface area contributed by atoms with Crippen LogP contribution >= 0.6 is 11.6 Å². The van der Waals surface area contributed by atoms with Gasteiger partial charge >= 0.3 is 0 Å². The highest BCUT2D eigenvalue weighted by Crippen LogP contribution is 2.30. The number of nitrogens with one attached hydrogen (secondary N) is 2. The molecule has 0 atom stereocenters. The van der Waals surface area contributed by atoms with Gasteiger partial charge in [-0.05, 0) is 42.7 Å². The normalized spacial score (nSPS) is 11.1. The monoisotopic (exact) mass is 397 g/mol. The molecule has 0 saturated heterocycles. The third-order valence-electron chi connectivity index (χ3n) is 4.67. The SMILES string of the molecule is Cc1cc(C(=O)NCC(C)C)ccc1NC(=O)c1c(Cl)c2ccccc2n1C. The topological polar surface area (TPSA) is 63.1 Å². The van der Waals surface area contributed by atoms with Gasteiger partial charge in [0.05, 0.1) is 5.02 Å². The number of hydrogen-bond donors (Lipinski definition) is 2. The van der Waals surface area contributed by atoms with E-state index in [0.29, 0.717) is 34.4 Å². The summed E-state index contributed by atoms with van der Waals surface area (Å²) in [6.45, 7) is 6.57. The van der Waals surface area contributed by atoms with Crippen molar-refractivity contribution in [3.63, 3.8) is 0 Å². The third-order valence-corrected chi connectivity index (χ3v) is 5.05. The fourth-order valence-corrected chi connectivity index (χ4v) is 3.50. The summed E-state index contributed by atoms with van der Waals surface area (Å²) < 4.78 is 1.79. The van der Waals surface area contributed by atoms with Crippen molar-refractivity contribution in [3.8, 4) is 0 Å². The Morgan fingerprint density at radius 3 is 2.46 bits per heavy atom. The number of hydrogen-bond acceptors (Lipinski definition) is 2. The first-order valence-corrected chi connectivity index (χ1v) is 9.60. The number of halogens is 1. The van der Waals surface area contributed by atoms with E-state index >= 15 is 0 Å². The molecule has 0 aliphatic heterocycles. The van der Waals surface area contributed by atoms with Gasteiger partial charge in [-0.3, -0.25) is 9.59 Å². The van der Waals surface area contributed by atoms with Crippen LogP contribution in [0.25, 0.3) is 10.9 Å². The van der Waals surface area contributed by atoms with Crippen LogP contribution in [-0.2, 0) is 7.05 Å². The summed E-state index contributed by atoms with van der Waals surface area (Å²) >= 11 is 6.46. The van der Waals surface area contributed by atoms with E-state index in [0.717, 1.165) is 16.5 Å². The molecule has 0 unspecified atom stereocenters. The van der Waals surface area contributed by atoms with Crippen molar-refractivity contribution in [2.75, 3.05) is 11.9 Å². The first-order valence-electron chi connectivity index (χ1n) is 9.22. The van der Waals surface area contributed by atoms with Crippen molar-refractivity contribution in [2.24, 2.45) is 13.0 Å². The summed E-state index contributed by atoms with van der Waals surface area (Å²) in [5.41, 5.74) is 3.32. The molecule has 2 aromatic carbocycles. The van der Waals surface area contributed by atoms with Crippen molar-refractivity contribution in [3.05, 3.63) is 64.3 Å². The van der Waals surface area contributed by atoms with Crippen LogP contribution in [0.5, 0.6) is 0 Å². The molecule has 0 radical (unpaired) electrons. The molecule has 0 saturated carbocycles. The van der Waals surface area contributed by atoms with E-state index in [4.69, 9.17) is 11.6 Å². The number of anilines is 1. The second-order valence-electron chi connectivity index (χ2n) is 7.33. The molecular formula is C22H24ClN3O2. The van der Waals surface area contributed by atoms with Gasteiger partial charge in [-0.1, -0.05) is 43.6 Å². The van der Waals surface area contributed by atoms with Gasteiger partial charge in [-0.15, -0.1) is 0 Å². The van der Waals surface area contributed by atoms with Gasteiger partial charge in [0, 0.05) is 35.7 Å². The van der Waals surface area contributed by atoms with E-state index in [1.165, 1.54) is 0 Å². The van der Waals surface area contributed by atoms with Gasteiger partial charge in [-0.2, -0.15) is 0 Å². The largest absolute Gasteiger partial charge is 0.352 e. The number of amides is 2. The Kier molecular flexibility index (Phi) is 5.75. The van der Waals surface area contributed by atoms with Crippen LogP contribution in [0.2, 0.25) is 5.02 Å². The van der Waals surface area contributed by atoms with Gasteiger partial charge in [0.2, 0.25) is 0 Å². The Labute approximate surface area is 169 Å². The number of nitrogens with zero attached hydrogens (tertiary/aromatic N) is 1. The van der Waals surface area contributed by atoms with Gasteiger partial charge in [0.1, 0.15) is 5.69 Å². The van der Waals surface area contributed by atoms with Crippen LogP contribution in [0.1, 0.15) is 40.3 Å². The van der Waals surface area contributed by atoms with Crippen LogP contribution in [-0.4, -0.2) is 22.9 Å². The molecule has 3 rings (SSSR count). The van der Waals surface area contributed by atoms with Gasteiger partial charge in [-0.25, -0.2) is 0 Å². The van der Waals surface area contributed by atoms with Crippen molar-refractivity contribution in [2.45, 2.75) is 20.8 Å². The average Bonchev–Trinajstić information content (AvgIpc) is 2.92. The predicted molar refractivity (Wildman–Crippen MR) is 114 cm³/mol. The molecule has 0 aliphatic carbocycles. The van der Waals surface area contributed by atoms with Crippen molar-refractivity contribution in [1.82, 2.24) is 9.88 Å². The van der Waals surface area contributed by atoms with E-state index in [-0.39, 0.29) is 11.8 Å². The number of benzene rings is 2. The number of fused-ring (bicyclic) bond motifs is 1. The molecule has 6 heteroatoms. The Morgan fingerprint density at radius 2 is 1.82 bits per heavy atom. The van der Waals surface area contributed by atoms with Crippen molar-refractivity contribution >= 4 is 40.0 Å². The quantitative estimate of drug-likeness (QED) is 0.650. The molecule has 0 fully saturated rings. The van der Waals surface area contributed by atoms with E-state index in [1.54, 1.807) is 22.8 Å². The van der Waals surface area contributed by atoms with E-state index < -0.39 is 0 Å². The molecule has 2 N–H and O–H groups in total. The average molecular weight is 398 g/mol. The Hall–Kier alpha value is -2.79. The van der Waals surface area contributed by atoms with E-state index in [9.17, 15) is 9.59 Å². The molecule has 3 aromatic rings. The standard InChI is InChI=1S/C22H24ClN3O2/c1-13(2)12-24-21(27)15-9-10-17(14(3)11-15)25-22(28)20-19(23)16-7-5-6-8-18(16)26(20)4/h5-11,13H,12H2,1-4H3,(H,24,27)(H,25,28). The van der Waals surface area contributed by atoms with Gasteiger partial charge < -0.3 is 15.2 Å². The van der Waals surface area contributed by atoms with Crippen LogP contribution in [0.15, 0.2) is 42.5 Å². The Balaban J connectivity index is 1.83. The van der Waals surface area contributed by atoms with Crippen LogP contribution in [0.4, 0.5) is 5.69 Å². The maximum absolute atomic E-state index is 12.9. The highest BCUT2D eigenvalue weighted by Gasteiger charge is 2.20. The molecular weight excluding hydrogens is 374 g/mol. The summed E-state index contributed by atoms with van der Waals surface area (Å²) in [7, 11) is 1.82. The maximum Gasteiger partial charge on any atom is 0.273 e. The molecule has 0 aliphatic rings. The molecule has 28 heavy (non-hydrogen) atoms. The molecule has 5 nitrogen and oxygen atoms in total. The summed E-state index contributed by atoms with van der Waals surface area (Å²) in [6, 6.07) is 12.8. The fraction of sp³-hybridized carbons (Fsp3) is 0.273. The minimum Gasteiger partial charge on any atom is -0.352 e. The van der Waals surface area contributed by atoms with Crippen LogP contribution in [0.3, 0.4) is 0 Å². The highest BCUT2D eigenvalue weighted by molar-refractivity contribution is 6.39. The first-order chi connectivity index (χ1) is 13.3. The summed E-state index contributed by atoms with van der Waals surface area (Å²) in [4.78, 5) is 25.1. The zero-order valence-electron chi connectivity index (χ0n) is 16.5. The number of aryl methyl sites for hydroxylation is 2. The number of carbonyl (C=O) groups excluding carboxylic acids is 2. The predicted octanol–water partition coefficient (Wildman–Crippen LogP) is 4.78. The third kappa shape index (κ3) is 3.90. The summed E-state index contributed by atoms with van der Waals surface area (Å²) in [5, 5.41) is 7.07. The lowest BCUT2D eigenvalue weighted by atomic mass is 10.1. The van der Waals surface area contributed by atoms with Crippen molar-refractivity contribution < 1.29 is 9.59 Å². The Bertz CT molecular complexity index is 1010. The van der Waals surface area contributed by atoms with Crippen LogP contribution < -0.4 is 10.6 Å². The van der Waals surface area contributed by atoms with E-state index in [1.807, 2.05) is 52.1 Å². The lowest BCUT2D eigenvalue weighted by molar-refractivity contribution is 0.0948. The number of para-hydroxylation sites is 1. The highest BCUT2D eigenvalue weighted by atomic mass is 35.5. The maximum atomic E-state index is 12.9. The first kappa shape index (κ1) is 20.0. The molecule has 146 valence electrons. The zero-order valence-corrected chi connectivity index (χ0v) is 17.2. The summed E-state index contributed by atoms with van der Waals surface area (Å²) in [6.07, 6.45) is 0. The Morgan fingerprint density at radius 1 is 1.11 bits per heavy atom. The minimum absolute atomic E-state index is 0.119. The number of carbonyl (C=O) groups is 2. The lowest BCUT2D eigenvalue weighted by Gasteiger charge is -2.12. The lowest BCUT2D eigenvalue weighted by Crippen LogP contribution is -2.27. The zero-order chi connectivity index (χ0) is 20.4. The van der Waals surface area contributed by atoms with Gasteiger partial charge in [0.25, 0.3) is 11.8 Å². The summed E-state index contributed by atoms with van der Waals surface area (Å²) in [5.74, 6) is -0.0237.